The fourth-order valence-corrected chi connectivity index (χ4v) is 2.97. The quantitative estimate of drug-likeness (QED) is 0.774. The van der Waals surface area contributed by atoms with E-state index in [1.807, 2.05) is 6.07 Å². The molecule has 1 atom stereocenters. The van der Waals surface area contributed by atoms with E-state index in [9.17, 15) is 0 Å². The molecule has 0 aromatic carbocycles. The fourth-order valence-electron chi connectivity index (χ4n) is 1.48. The molecule has 1 heterocycles. The maximum Gasteiger partial charge on any atom is 0.104 e. The zero-order chi connectivity index (χ0) is 12.0. The highest BCUT2D eigenvalue weighted by Crippen LogP contribution is 2.28. The number of nitrogens with two attached hydrogens (primary N) is 1. The minimum Gasteiger partial charge on any atom is -0.371 e. The zero-order valence-corrected chi connectivity index (χ0v) is 12.3. The monoisotopic (exact) mass is 305 g/mol. The van der Waals surface area contributed by atoms with E-state index in [0.717, 1.165) is 22.7 Å². The Morgan fingerprint density at radius 3 is 2.69 bits per heavy atom. The molecule has 1 unspecified atom stereocenters. The van der Waals surface area contributed by atoms with Crippen molar-refractivity contribution in [3.05, 3.63) is 20.8 Å². The third-order valence-corrected chi connectivity index (χ3v) is 4.09. The Bertz CT molecular complexity index is 301. The number of hydrogen-bond acceptors (Lipinski definition) is 3. The fraction of sp³-hybridized carbons (Fsp3) is 0.667. The van der Waals surface area contributed by atoms with Gasteiger partial charge >= 0.3 is 0 Å². The third kappa shape index (κ3) is 4.95. The standard InChI is InChI=1S/C12H20BrNOS/c1-9(2)4-3-7-15-10(8-14)11-5-6-12(13)16-11/h5-6,9-10H,3-4,7-8,14H2,1-2H3. The van der Waals surface area contributed by atoms with Crippen LogP contribution in [-0.2, 0) is 4.74 Å². The summed E-state index contributed by atoms with van der Waals surface area (Å²) >= 11 is 5.15. The van der Waals surface area contributed by atoms with Crippen LogP contribution in [0.1, 0.15) is 37.7 Å². The molecule has 0 aliphatic carbocycles. The lowest BCUT2D eigenvalue weighted by atomic mass is 10.1. The van der Waals surface area contributed by atoms with E-state index in [1.165, 1.54) is 11.3 Å². The second-order valence-electron chi connectivity index (χ2n) is 4.27. The first-order valence-corrected chi connectivity index (χ1v) is 7.31. The van der Waals surface area contributed by atoms with Gasteiger partial charge in [0, 0.05) is 18.0 Å². The topological polar surface area (TPSA) is 35.2 Å². The SMILES string of the molecule is CC(C)CCCOC(CN)c1ccc(Br)s1. The van der Waals surface area contributed by atoms with Crippen LogP contribution in [0.15, 0.2) is 15.9 Å². The van der Waals surface area contributed by atoms with Crippen molar-refractivity contribution in [2.75, 3.05) is 13.2 Å². The van der Waals surface area contributed by atoms with Gasteiger partial charge in [-0.3, -0.25) is 0 Å². The average Bonchev–Trinajstić information content (AvgIpc) is 2.64. The second-order valence-corrected chi connectivity index (χ2v) is 6.77. The molecule has 0 spiro atoms. The van der Waals surface area contributed by atoms with E-state index in [2.05, 4.69) is 35.8 Å². The van der Waals surface area contributed by atoms with E-state index in [4.69, 9.17) is 10.5 Å². The molecule has 2 N–H and O–H groups in total. The zero-order valence-electron chi connectivity index (χ0n) is 9.91. The first-order chi connectivity index (χ1) is 7.63. The molecule has 0 fully saturated rings. The Morgan fingerprint density at radius 1 is 1.44 bits per heavy atom. The Morgan fingerprint density at radius 2 is 2.19 bits per heavy atom. The van der Waals surface area contributed by atoms with Crippen LogP contribution >= 0.6 is 27.3 Å². The first-order valence-electron chi connectivity index (χ1n) is 5.70. The molecule has 0 saturated carbocycles. The van der Waals surface area contributed by atoms with Crippen molar-refractivity contribution in [2.24, 2.45) is 11.7 Å². The molecule has 0 aliphatic heterocycles. The molecule has 0 radical (unpaired) electrons. The van der Waals surface area contributed by atoms with Crippen LogP contribution in [0.3, 0.4) is 0 Å². The smallest absolute Gasteiger partial charge is 0.104 e. The molecule has 4 heteroatoms. The molecule has 0 saturated heterocycles. The van der Waals surface area contributed by atoms with Crippen LogP contribution in [0, 0.1) is 5.92 Å². The van der Waals surface area contributed by atoms with Crippen molar-refractivity contribution in [3.63, 3.8) is 0 Å². The van der Waals surface area contributed by atoms with Crippen molar-refractivity contribution < 1.29 is 4.74 Å². The lowest BCUT2D eigenvalue weighted by Gasteiger charge is -2.14. The Hall–Kier alpha value is 0.1000. The van der Waals surface area contributed by atoms with Crippen LogP contribution in [-0.4, -0.2) is 13.2 Å². The van der Waals surface area contributed by atoms with E-state index < -0.39 is 0 Å². The molecular weight excluding hydrogens is 286 g/mol. The molecule has 0 bridgehead atoms. The van der Waals surface area contributed by atoms with Gasteiger partial charge in [0.05, 0.1) is 3.79 Å². The third-order valence-electron chi connectivity index (χ3n) is 2.37. The summed E-state index contributed by atoms with van der Waals surface area (Å²) in [7, 11) is 0. The van der Waals surface area contributed by atoms with E-state index in [1.54, 1.807) is 11.3 Å². The molecule has 1 aromatic heterocycles. The molecule has 1 rings (SSSR count). The van der Waals surface area contributed by atoms with E-state index in [0.29, 0.717) is 6.54 Å². The number of rotatable bonds is 7. The van der Waals surface area contributed by atoms with Crippen molar-refractivity contribution in [1.29, 1.82) is 0 Å². The van der Waals surface area contributed by atoms with E-state index >= 15 is 0 Å². The summed E-state index contributed by atoms with van der Waals surface area (Å²) < 4.78 is 6.94. The van der Waals surface area contributed by atoms with Crippen LogP contribution in [0.5, 0.6) is 0 Å². The number of halogens is 1. The van der Waals surface area contributed by atoms with Crippen LogP contribution in [0.25, 0.3) is 0 Å². The molecule has 1 aromatic rings. The number of hydrogen-bond donors (Lipinski definition) is 1. The highest BCUT2D eigenvalue weighted by molar-refractivity contribution is 9.11. The van der Waals surface area contributed by atoms with Gasteiger partial charge in [0.25, 0.3) is 0 Å². The molecule has 0 aliphatic rings. The van der Waals surface area contributed by atoms with Crippen LogP contribution < -0.4 is 5.73 Å². The van der Waals surface area contributed by atoms with Crippen LogP contribution in [0.2, 0.25) is 0 Å². The van der Waals surface area contributed by atoms with Gasteiger partial charge in [-0.25, -0.2) is 0 Å². The second kappa shape index (κ2) is 7.43. The Balaban J connectivity index is 2.32. The number of ether oxygens (including phenoxy) is 1. The predicted octanol–water partition coefficient (Wildman–Crippen LogP) is 3.96. The summed E-state index contributed by atoms with van der Waals surface area (Å²) in [5.41, 5.74) is 5.72. The van der Waals surface area contributed by atoms with Gasteiger partial charge in [-0.15, -0.1) is 11.3 Å². The van der Waals surface area contributed by atoms with Gasteiger partial charge in [0.15, 0.2) is 0 Å². The molecule has 16 heavy (non-hydrogen) atoms. The largest absolute Gasteiger partial charge is 0.371 e. The van der Waals surface area contributed by atoms with Crippen molar-refractivity contribution >= 4 is 27.3 Å². The van der Waals surface area contributed by atoms with Crippen molar-refractivity contribution in [1.82, 2.24) is 0 Å². The summed E-state index contributed by atoms with van der Waals surface area (Å²) in [6, 6.07) is 4.12. The maximum atomic E-state index is 5.81. The van der Waals surface area contributed by atoms with Gasteiger partial charge in [0.1, 0.15) is 6.10 Å². The molecule has 2 nitrogen and oxygen atoms in total. The molecule has 0 amide bonds. The Labute approximate surface area is 110 Å². The minimum atomic E-state index is 0.0588. The highest BCUT2D eigenvalue weighted by Gasteiger charge is 2.12. The van der Waals surface area contributed by atoms with Gasteiger partial charge in [-0.05, 0) is 46.8 Å². The summed E-state index contributed by atoms with van der Waals surface area (Å²) in [5.74, 6) is 0.746. The lowest BCUT2D eigenvalue weighted by molar-refractivity contribution is 0.0569. The van der Waals surface area contributed by atoms with Gasteiger partial charge in [-0.1, -0.05) is 13.8 Å². The van der Waals surface area contributed by atoms with Gasteiger partial charge < -0.3 is 10.5 Å². The van der Waals surface area contributed by atoms with Crippen molar-refractivity contribution in [3.8, 4) is 0 Å². The summed E-state index contributed by atoms with van der Waals surface area (Å²) in [5, 5.41) is 0. The van der Waals surface area contributed by atoms with Crippen molar-refractivity contribution in [2.45, 2.75) is 32.8 Å². The number of thiophene rings is 1. The van der Waals surface area contributed by atoms with E-state index in [-0.39, 0.29) is 6.10 Å². The molecular formula is C12H20BrNOS. The Kier molecular flexibility index (Phi) is 6.58. The maximum absolute atomic E-state index is 5.81. The molecule has 92 valence electrons. The lowest BCUT2D eigenvalue weighted by Crippen LogP contribution is -2.15. The predicted molar refractivity (Wildman–Crippen MR) is 73.8 cm³/mol. The summed E-state index contributed by atoms with van der Waals surface area (Å²) in [6.45, 7) is 5.82. The van der Waals surface area contributed by atoms with Gasteiger partial charge in [0.2, 0.25) is 0 Å². The van der Waals surface area contributed by atoms with Crippen LogP contribution in [0.4, 0.5) is 0 Å². The minimum absolute atomic E-state index is 0.0588. The van der Waals surface area contributed by atoms with Gasteiger partial charge in [-0.2, -0.15) is 0 Å². The summed E-state index contributed by atoms with van der Waals surface area (Å²) in [6.07, 6.45) is 2.38. The highest BCUT2D eigenvalue weighted by atomic mass is 79.9. The summed E-state index contributed by atoms with van der Waals surface area (Å²) in [4.78, 5) is 1.21. The first kappa shape index (κ1) is 14.2. The average molecular weight is 306 g/mol. The normalized spacial score (nSPS) is 13.3.